The second kappa shape index (κ2) is 5.85. The molecule has 2 rings (SSSR count). The summed E-state index contributed by atoms with van der Waals surface area (Å²) in [6, 6.07) is 11.3. The van der Waals surface area contributed by atoms with E-state index in [1.807, 2.05) is 0 Å². The van der Waals surface area contributed by atoms with Crippen LogP contribution >= 0.6 is 11.6 Å². The van der Waals surface area contributed by atoms with Crippen LogP contribution in [0.4, 0.5) is 4.39 Å². The second-order valence-corrected chi connectivity index (χ2v) is 4.45. The molecule has 0 bridgehead atoms. The molecule has 2 aromatic carbocycles. The summed E-state index contributed by atoms with van der Waals surface area (Å²) in [6.07, 6.45) is 0.102. The van der Waals surface area contributed by atoms with Gasteiger partial charge in [-0.15, -0.1) is 0 Å². The van der Waals surface area contributed by atoms with E-state index in [9.17, 15) is 9.18 Å². The van der Waals surface area contributed by atoms with E-state index in [2.05, 4.69) is 0 Å². The van der Waals surface area contributed by atoms with Crippen LogP contribution in [-0.2, 0) is 6.42 Å². The molecule has 2 aromatic rings. The standard InChI is InChI=1S/C15H12ClFO2/c1-19-11-7-5-10(6-8-11)9-14(18)15-12(16)3-2-4-13(15)17/h2-8H,9H2,1H3. The number of benzene rings is 2. The number of ketones is 1. The molecule has 98 valence electrons. The van der Waals surface area contributed by atoms with E-state index in [1.54, 1.807) is 31.4 Å². The molecular weight excluding hydrogens is 267 g/mol. The average molecular weight is 279 g/mol. The van der Waals surface area contributed by atoms with Crippen molar-refractivity contribution in [2.75, 3.05) is 7.11 Å². The minimum Gasteiger partial charge on any atom is -0.497 e. The Kier molecular flexibility index (Phi) is 4.17. The molecule has 0 atom stereocenters. The number of ether oxygens (including phenoxy) is 1. The van der Waals surface area contributed by atoms with E-state index in [0.29, 0.717) is 5.75 Å². The van der Waals surface area contributed by atoms with E-state index >= 15 is 0 Å². The van der Waals surface area contributed by atoms with Gasteiger partial charge in [-0.25, -0.2) is 4.39 Å². The minimum atomic E-state index is -0.592. The number of carbonyl (C=O) groups excluding carboxylic acids is 1. The van der Waals surface area contributed by atoms with Gasteiger partial charge in [0.05, 0.1) is 17.7 Å². The first kappa shape index (κ1) is 13.6. The third-order valence-corrected chi connectivity index (χ3v) is 3.08. The first-order valence-corrected chi connectivity index (χ1v) is 6.09. The molecule has 0 aliphatic rings. The fourth-order valence-electron chi connectivity index (χ4n) is 1.78. The summed E-state index contributed by atoms with van der Waals surface area (Å²) in [5, 5.41) is 0.138. The third-order valence-electron chi connectivity index (χ3n) is 2.77. The molecule has 0 aliphatic heterocycles. The smallest absolute Gasteiger partial charge is 0.171 e. The Morgan fingerprint density at radius 3 is 2.47 bits per heavy atom. The first-order valence-electron chi connectivity index (χ1n) is 5.72. The van der Waals surface area contributed by atoms with Crippen LogP contribution in [0.1, 0.15) is 15.9 Å². The van der Waals surface area contributed by atoms with Gasteiger partial charge in [-0.2, -0.15) is 0 Å². The molecule has 0 saturated heterocycles. The molecule has 0 aromatic heterocycles. The minimum absolute atomic E-state index is 0.0556. The van der Waals surface area contributed by atoms with Crippen LogP contribution in [0.2, 0.25) is 5.02 Å². The Labute approximate surface area is 115 Å². The average Bonchev–Trinajstić information content (AvgIpc) is 2.39. The second-order valence-electron chi connectivity index (χ2n) is 4.04. The molecule has 19 heavy (non-hydrogen) atoms. The molecule has 0 N–H and O–H groups in total. The van der Waals surface area contributed by atoms with Crippen LogP contribution in [0.5, 0.6) is 5.75 Å². The van der Waals surface area contributed by atoms with Crippen molar-refractivity contribution in [2.24, 2.45) is 0 Å². The lowest BCUT2D eigenvalue weighted by atomic mass is 10.0. The summed E-state index contributed by atoms with van der Waals surface area (Å²) in [4.78, 5) is 12.1. The number of methoxy groups -OCH3 is 1. The number of hydrogen-bond acceptors (Lipinski definition) is 2. The van der Waals surface area contributed by atoms with Gasteiger partial charge >= 0.3 is 0 Å². The van der Waals surface area contributed by atoms with Gasteiger partial charge < -0.3 is 4.74 Å². The molecule has 0 amide bonds. The molecule has 0 heterocycles. The summed E-state index contributed by atoms with van der Waals surface area (Å²) >= 11 is 5.86. The van der Waals surface area contributed by atoms with Crippen LogP contribution in [0.25, 0.3) is 0 Å². The van der Waals surface area contributed by atoms with Gasteiger partial charge in [-0.05, 0) is 29.8 Å². The number of Topliss-reactive ketones (excluding diaryl/α,β-unsaturated/α-hetero) is 1. The topological polar surface area (TPSA) is 26.3 Å². The highest BCUT2D eigenvalue weighted by Gasteiger charge is 2.15. The maximum absolute atomic E-state index is 13.6. The molecule has 0 saturated carbocycles. The molecular formula is C15H12ClFO2. The highest BCUT2D eigenvalue weighted by atomic mass is 35.5. The van der Waals surface area contributed by atoms with Crippen molar-refractivity contribution in [3.63, 3.8) is 0 Å². The molecule has 0 radical (unpaired) electrons. The summed E-state index contributed by atoms with van der Waals surface area (Å²) in [5.41, 5.74) is 0.727. The van der Waals surface area contributed by atoms with Crippen molar-refractivity contribution in [1.82, 2.24) is 0 Å². The summed E-state index contributed by atoms with van der Waals surface area (Å²) < 4.78 is 18.6. The predicted octanol–water partition coefficient (Wildman–Crippen LogP) is 3.91. The van der Waals surface area contributed by atoms with Crippen molar-refractivity contribution in [2.45, 2.75) is 6.42 Å². The Bertz CT molecular complexity index is 573. The van der Waals surface area contributed by atoms with Gasteiger partial charge in [0, 0.05) is 6.42 Å². The third kappa shape index (κ3) is 3.12. The Hall–Kier alpha value is -1.87. The van der Waals surface area contributed by atoms with Crippen LogP contribution in [0.3, 0.4) is 0 Å². The molecule has 0 spiro atoms. The molecule has 0 fully saturated rings. The number of carbonyl (C=O) groups is 1. The van der Waals surface area contributed by atoms with E-state index in [-0.39, 0.29) is 22.8 Å². The van der Waals surface area contributed by atoms with Crippen molar-refractivity contribution in [1.29, 1.82) is 0 Å². The van der Waals surface area contributed by atoms with Gasteiger partial charge in [0.1, 0.15) is 11.6 Å². The van der Waals surface area contributed by atoms with E-state index in [0.717, 1.165) is 5.56 Å². The summed E-state index contributed by atoms with van der Waals surface area (Å²) in [7, 11) is 1.57. The van der Waals surface area contributed by atoms with Crippen molar-refractivity contribution in [3.05, 3.63) is 64.4 Å². The monoisotopic (exact) mass is 278 g/mol. The maximum atomic E-state index is 13.6. The summed E-state index contributed by atoms with van der Waals surface area (Å²) in [6.45, 7) is 0. The fraction of sp³-hybridized carbons (Fsp3) is 0.133. The van der Waals surface area contributed by atoms with Crippen LogP contribution < -0.4 is 4.74 Å². The largest absolute Gasteiger partial charge is 0.497 e. The van der Waals surface area contributed by atoms with E-state index in [1.165, 1.54) is 18.2 Å². The van der Waals surface area contributed by atoms with Crippen molar-refractivity contribution >= 4 is 17.4 Å². The zero-order valence-corrected chi connectivity index (χ0v) is 11.1. The maximum Gasteiger partial charge on any atom is 0.171 e. The van der Waals surface area contributed by atoms with Gasteiger partial charge in [0.15, 0.2) is 5.78 Å². The Balaban J connectivity index is 2.21. The lowest BCUT2D eigenvalue weighted by Crippen LogP contribution is -2.07. The molecule has 0 unspecified atom stereocenters. The SMILES string of the molecule is COc1ccc(CC(=O)c2c(F)cccc2Cl)cc1. The van der Waals surface area contributed by atoms with Crippen molar-refractivity contribution in [3.8, 4) is 5.75 Å². The van der Waals surface area contributed by atoms with Crippen LogP contribution in [0, 0.1) is 5.82 Å². The molecule has 0 aliphatic carbocycles. The number of rotatable bonds is 4. The highest BCUT2D eigenvalue weighted by molar-refractivity contribution is 6.34. The Morgan fingerprint density at radius 2 is 1.89 bits per heavy atom. The van der Waals surface area contributed by atoms with Gasteiger partial charge in [0.2, 0.25) is 0 Å². The lowest BCUT2D eigenvalue weighted by Gasteiger charge is -2.06. The highest BCUT2D eigenvalue weighted by Crippen LogP contribution is 2.21. The quantitative estimate of drug-likeness (QED) is 0.793. The molecule has 4 heteroatoms. The normalized spacial score (nSPS) is 10.3. The zero-order valence-electron chi connectivity index (χ0n) is 10.3. The van der Waals surface area contributed by atoms with Gasteiger partial charge in [-0.3, -0.25) is 4.79 Å². The van der Waals surface area contributed by atoms with Crippen molar-refractivity contribution < 1.29 is 13.9 Å². The first-order chi connectivity index (χ1) is 9.11. The molecule has 2 nitrogen and oxygen atoms in total. The van der Waals surface area contributed by atoms with Crippen LogP contribution in [0.15, 0.2) is 42.5 Å². The van der Waals surface area contributed by atoms with Gasteiger partial charge in [-0.1, -0.05) is 29.8 Å². The Morgan fingerprint density at radius 1 is 1.21 bits per heavy atom. The zero-order chi connectivity index (χ0) is 13.8. The lowest BCUT2D eigenvalue weighted by molar-refractivity contribution is 0.0989. The fourth-order valence-corrected chi connectivity index (χ4v) is 2.05. The predicted molar refractivity (Wildman–Crippen MR) is 72.4 cm³/mol. The number of hydrogen-bond donors (Lipinski definition) is 0. The van der Waals surface area contributed by atoms with E-state index in [4.69, 9.17) is 16.3 Å². The van der Waals surface area contributed by atoms with Gasteiger partial charge in [0.25, 0.3) is 0 Å². The van der Waals surface area contributed by atoms with E-state index < -0.39 is 5.82 Å². The summed E-state index contributed by atoms with van der Waals surface area (Å²) in [5.74, 6) is -0.223. The number of halogens is 2. The van der Waals surface area contributed by atoms with Crippen LogP contribution in [-0.4, -0.2) is 12.9 Å².